The summed E-state index contributed by atoms with van der Waals surface area (Å²) < 4.78 is 0. The van der Waals surface area contributed by atoms with Crippen molar-refractivity contribution in [2.45, 2.75) is 57.5 Å². The molecule has 1 heterocycles. The molecule has 2 aliphatic rings. The van der Waals surface area contributed by atoms with Gasteiger partial charge in [-0.05, 0) is 45.2 Å². The van der Waals surface area contributed by atoms with Crippen molar-refractivity contribution < 1.29 is 0 Å². The molecule has 0 aromatic rings. The molecule has 1 saturated carbocycles. The fourth-order valence-corrected chi connectivity index (χ4v) is 2.82. The smallest absolute Gasteiger partial charge is 0.00795 e. The van der Waals surface area contributed by atoms with Crippen molar-refractivity contribution in [3.8, 4) is 0 Å². The van der Waals surface area contributed by atoms with E-state index in [1.54, 1.807) is 0 Å². The zero-order valence-corrected chi connectivity index (χ0v) is 9.39. The molecule has 82 valence electrons. The summed E-state index contributed by atoms with van der Waals surface area (Å²) in [5.74, 6) is 0.872. The highest BCUT2D eigenvalue weighted by molar-refractivity contribution is 4.83. The van der Waals surface area contributed by atoms with Gasteiger partial charge in [0.05, 0.1) is 0 Å². The molecule has 14 heavy (non-hydrogen) atoms. The van der Waals surface area contributed by atoms with Crippen molar-refractivity contribution in [1.29, 1.82) is 0 Å². The molecule has 2 atom stereocenters. The van der Waals surface area contributed by atoms with Gasteiger partial charge in [0.25, 0.3) is 0 Å². The predicted octanol–water partition coefficient (Wildman–Crippen LogP) is 1.91. The van der Waals surface area contributed by atoms with E-state index in [1.807, 2.05) is 0 Å². The largest absolute Gasteiger partial charge is 0.314 e. The van der Waals surface area contributed by atoms with Gasteiger partial charge in [0.15, 0.2) is 0 Å². The summed E-state index contributed by atoms with van der Waals surface area (Å²) in [5.41, 5.74) is 0. The van der Waals surface area contributed by atoms with Crippen LogP contribution < -0.4 is 10.6 Å². The molecule has 0 aromatic carbocycles. The summed E-state index contributed by atoms with van der Waals surface area (Å²) in [7, 11) is 0. The second-order valence-corrected chi connectivity index (χ2v) is 5.03. The minimum atomic E-state index is 0.728. The van der Waals surface area contributed by atoms with E-state index < -0.39 is 0 Å². The van der Waals surface area contributed by atoms with Crippen LogP contribution in [0.2, 0.25) is 0 Å². The molecular formula is C12H24N2. The van der Waals surface area contributed by atoms with Crippen molar-refractivity contribution in [3.05, 3.63) is 0 Å². The van der Waals surface area contributed by atoms with Gasteiger partial charge in [0.2, 0.25) is 0 Å². The topological polar surface area (TPSA) is 24.1 Å². The fourth-order valence-electron chi connectivity index (χ4n) is 2.82. The Hall–Kier alpha value is -0.0800. The first-order valence-corrected chi connectivity index (χ1v) is 6.33. The molecule has 2 nitrogen and oxygen atoms in total. The average Bonchev–Trinajstić information content (AvgIpc) is 2.63. The van der Waals surface area contributed by atoms with Crippen molar-refractivity contribution >= 4 is 0 Å². The zero-order valence-electron chi connectivity index (χ0n) is 9.39. The summed E-state index contributed by atoms with van der Waals surface area (Å²) in [6.45, 7) is 4.78. The van der Waals surface area contributed by atoms with Gasteiger partial charge in [-0.2, -0.15) is 0 Å². The normalized spacial score (nSPS) is 34.9. The Morgan fingerprint density at radius 2 is 1.93 bits per heavy atom. The van der Waals surface area contributed by atoms with Crippen LogP contribution >= 0.6 is 0 Å². The highest BCUT2D eigenvalue weighted by Gasteiger charge is 2.23. The molecule has 0 aromatic heterocycles. The van der Waals surface area contributed by atoms with Crippen molar-refractivity contribution in [2.24, 2.45) is 5.92 Å². The van der Waals surface area contributed by atoms with Crippen LogP contribution in [0.25, 0.3) is 0 Å². The van der Waals surface area contributed by atoms with Crippen molar-refractivity contribution in [2.75, 3.05) is 13.1 Å². The van der Waals surface area contributed by atoms with Crippen LogP contribution in [0.5, 0.6) is 0 Å². The molecule has 0 bridgehead atoms. The summed E-state index contributed by atoms with van der Waals surface area (Å²) in [6, 6.07) is 1.56. The lowest BCUT2D eigenvalue weighted by Crippen LogP contribution is -2.37. The standard InChI is InChI=1S/C12H24N2/c1-10-11(7-8-13-10)9-14-12-5-3-2-4-6-12/h10-14H,2-9H2,1H3. The highest BCUT2D eigenvalue weighted by atomic mass is 15.0. The summed E-state index contributed by atoms with van der Waals surface area (Å²) in [5, 5.41) is 7.27. The molecule has 2 fully saturated rings. The molecule has 2 rings (SSSR count). The van der Waals surface area contributed by atoms with E-state index in [1.165, 1.54) is 51.6 Å². The quantitative estimate of drug-likeness (QED) is 0.720. The Bertz CT molecular complexity index is 164. The van der Waals surface area contributed by atoms with Crippen molar-refractivity contribution in [1.82, 2.24) is 10.6 Å². The van der Waals surface area contributed by atoms with E-state index >= 15 is 0 Å². The molecular weight excluding hydrogens is 172 g/mol. The van der Waals surface area contributed by atoms with E-state index in [0.29, 0.717) is 0 Å². The van der Waals surface area contributed by atoms with Crippen molar-refractivity contribution in [3.63, 3.8) is 0 Å². The Labute approximate surface area is 87.8 Å². The summed E-state index contributed by atoms with van der Waals surface area (Å²) in [4.78, 5) is 0. The Kier molecular flexibility index (Phi) is 3.82. The van der Waals surface area contributed by atoms with Gasteiger partial charge in [-0.1, -0.05) is 19.3 Å². The highest BCUT2D eigenvalue weighted by Crippen LogP contribution is 2.19. The van der Waals surface area contributed by atoms with E-state index in [2.05, 4.69) is 17.6 Å². The maximum atomic E-state index is 3.75. The lowest BCUT2D eigenvalue weighted by Gasteiger charge is -2.25. The molecule has 0 amide bonds. The third-order valence-electron chi connectivity index (χ3n) is 3.96. The third-order valence-corrected chi connectivity index (χ3v) is 3.96. The first-order chi connectivity index (χ1) is 6.86. The number of nitrogens with one attached hydrogen (secondary N) is 2. The minimum absolute atomic E-state index is 0.728. The number of hydrogen-bond acceptors (Lipinski definition) is 2. The molecule has 2 unspecified atom stereocenters. The Morgan fingerprint density at radius 1 is 1.14 bits per heavy atom. The number of hydrogen-bond donors (Lipinski definition) is 2. The third kappa shape index (κ3) is 2.71. The van der Waals surface area contributed by atoms with Crippen LogP contribution in [0, 0.1) is 5.92 Å². The maximum absolute atomic E-state index is 3.75. The molecule has 1 aliphatic carbocycles. The fraction of sp³-hybridized carbons (Fsp3) is 1.00. The van der Waals surface area contributed by atoms with Crippen LogP contribution in [0.1, 0.15) is 45.4 Å². The first-order valence-electron chi connectivity index (χ1n) is 6.33. The lowest BCUT2D eigenvalue weighted by atomic mass is 9.94. The van der Waals surface area contributed by atoms with Crippen LogP contribution in [-0.4, -0.2) is 25.2 Å². The molecule has 0 spiro atoms. The van der Waals surface area contributed by atoms with Crippen LogP contribution in [0.4, 0.5) is 0 Å². The predicted molar refractivity (Wildman–Crippen MR) is 60.4 cm³/mol. The molecule has 1 aliphatic heterocycles. The van der Waals surface area contributed by atoms with E-state index in [4.69, 9.17) is 0 Å². The van der Waals surface area contributed by atoms with E-state index in [9.17, 15) is 0 Å². The van der Waals surface area contributed by atoms with Gasteiger partial charge >= 0.3 is 0 Å². The van der Waals surface area contributed by atoms with Gasteiger partial charge in [0.1, 0.15) is 0 Å². The van der Waals surface area contributed by atoms with Crippen LogP contribution in [0.15, 0.2) is 0 Å². The van der Waals surface area contributed by atoms with E-state index in [0.717, 1.165) is 18.0 Å². The molecule has 2 heteroatoms. The molecule has 1 saturated heterocycles. The zero-order chi connectivity index (χ0) is 9.80. The lowest BCUT2D eigenvalue weighted by molar-refractivity contribution is 0.337. The summed E-state index contributed by atoms with van der Waals surface area (Å²) in [6.07, 6.45) is 8.52. The monoisotopic (exact) mass is 196 g/mol. The van der Waals surface area contributed by atoms with Gasteiger partial charge < -0.3 is 10.6 Å². The van der Waals surface area contributed by atoms with Crippen LogP contribution in [-0.2, 0) is 0 Å². The van der Waals surface area contributed by atoms with E-state index in [-0.39, 0.29) is 0 Å². The van der Waals surface area contributed by atoms with Gasteiger partial charge in [-0.25, -0.2) is 0 Å². The van der Waals surface area contributed by atoms with Crippen LogP contribution in [0.3, 0.4) is 0 Å². The summed E-state index contributed by atoms with van der Waals surface area (Å²) >= 11 is 0. The molecule has 0 radical (unpaired) electrons. The minimum Gasteiger partial charge on any atom is -0.314 e. The molecule has 2 N–H and O–H groups in total. The first kappa shape index (κ1) is 10.4. The van der Waals surface area contributed by atoms with Gasteiger partial charge in [-0.3, -0.25) is 0 Å². The SMILES string of the molecule is CC1NCCC1CNC1CCCCC1. The Balaban J connectivity index is 1.65. The van der Waals surface area contributed by atoms with Gasteiger partial charge in [0, 0.05) is 12.1 Å². The maximum Gasteiger partial charge on any atom is 0.00795 e. The second kappa shape index (κ2) is 5.13. The Morgan fingerprint density at radius 3 is 2.57 bits per heavy atom. The van der Waals surface area contributed by atoms with Gasteiger partial charge in [-0.15, -0.1) is 0 Å². The second-order valence-electron chi connectivity index (χ2n) is 5.03. The average molecular weight is 196 g/mol. The number of rotatable bonds is 3.